The van der Waals surface area contributed by atoms with Gasteiger partial charge in [-0.25, -0.2) is 4.39 Å². The van der Waals surface area contributed by atoms with Crippen LogP contribution >= 0.6 is 0 Å². The molecule has 0 aliphatic heterocycles. The summed E-state index contributed by atoms with van der Waals surface area (Å²) >= 11 is 0. The number of benzene rings is 1. The molecule has 1 aliphatic rings. The van der Waals surface area contributed by atoms with Crippen molar-refractivity contribution in [3.63, 3.8) is 0 Å². The zero-order valence-corrected chi connectivity index (χ0v) is 12.1. The normalized spacial score (nSPS) is 27.1. The van der Waals surface area contributed by atoms with E-state index in [2.05, 4.69) is 19.2 Å². The van der Waals surface area contributed by atoms with E-state index in [1.807, 2.05) is 6.92 Å². The summed E-state index contributed by atoms with van der Waals surface area (Å²) in [5, 5.41) is 3.55. The van der Waals surface area contributed by atoms with Gasteiger partial charge in [-0.05, 0) is 37.3 Å². The molecule has 0 amide bonds. The third-order valence-electron chi connectivity index (χ3n) is 4.29. The van der Waals surface area contributed by atoms with Crippen molar-refractivity contribution in [2.24, 2.45) is 11.8 Å². The molecule has 2 rings (SSSR count). The second-order valence-electron chi connectivity index (χ2n) is 5.59. The molecule has 0 spiro atoms. The number of hydrogen-bond acceptors (Lipinski definition) is 2. The highest BCUT2D eigenvalue weighted by atomic mass is 19.1. The van der Waals surface area contributed by atoms with E-state index in [1.54, 1.807) is 6.07 Å². The summed E-state index contributed by atoms with van der Waals surface area (Å²) in [6.45, 7) is 7.08. The molecule has 1 saturated carbocycles. The zero-order valence-electron chi connectivity index (χ0n) is 12.1. The lowest BCUT2D eigenvalue weighted by molar-refractivity contribution is 0.252. The molecule has 0 bridgehead atoms. The van der Waals surface area contributed by atoms with E-state index in [0.29, 0.717) is 24.3 Å². The van der Waals surface area contributed by atoms with Gasteiger partial charge < -0.3 is 10.1 Å². The predicted octanol–water partition coefficient (Wildman–Crippen LogP) is 4.46. The van der Waals surface area contributed by atoms with Crippen molar-refractivity contribution in [1.29, 1.82) is 0 Å². The first-order valence-electron chi connectivity index (χ1n) is 7.30. The Labute approximate surface area is 115 Å². The molecule has 0 saturated heterocycles. The maximum Gasteiger partial charge on any atom is 0.145 e. The predicted molar refractivity (Wildman–Crippen MR) is 77.2 cm³/mol. The Bertz CT molecular complexity index is 421. The van der Waals surface area contributed by atoms with Gasteiger partial charge in [0.25, 0.3) is 0 Å². The molecule has 0 aromatic heterocycles. The summed E-state index contributed by atoms with van der Waals surface area (Å²) in [7, 11) is 0. The first-order valence-corrected chi connectivity index (χ1v) is 7.30. The average molecular weight is 265 g/mol. The van der Waals surface area contributed by atoms with Gasteiger partial charge in [-0.3, -0.25) is 0 Å². The van der Waals surface area contributed by atoms with Crippen molar-refractivity contribution in [2.45, 2.75) is 46.1 Å². The van der Waals surface area contributed by atoms with E-state index in [4.69, 9.17) is 4.74 Å². The van der Waals surface area contributed by atoms with E-state index in [0.717, 1.165) is 11.6 Å². The number of halogens is 1. The first-order chi connectivity index (χ1) is 9.11. The molecule has 1 aromatic rings. The van der Waals surface area contributed by atoms with Crippen LogP contribution in [0.25, 0.3) is 0 Å². The number of ether oxygens (including phenoxy) is 1. The van der Waals surface area contributed by atoms with E-state index < -0.39 is 0 Å². The molecule has 3 unspecified atom stereocenters. The maximum absolute atomic E-state index is 13.3. The van der Waals surface area contributed by atoms with Gasteiger partial charge in [0.15, 0.2) is 0 Å². The zero-order chi connectivity index (χ0) is 13.8. The van der Waals surface area contributed by atoms with Crippen molar-refractivity contribution >= 4 is 5.69 Å². The monoisotopic (exact) mass is 265 g/mol. The molecule has 1 aliphatic carbocycles. The van der Waals surface area contributed by atoms with Crippen LogP contribution in [0, 0.1) is 17.7 Å². The van der Waals surface area contributed by atoms with Crippen LogP contribution in [0.1, 0.15) is 40.0 Å². The summed E-state index contributed by atoms with van der Waals surface area (Å²) in [5.41, 5.74) is 0.911. The molecule has 3 heteroatoms. The largest absolute Gasteiger partial charge is 0.492 e. The summed E-state index contributed by atoms with van der Waals surface area (Å²) < 4.78 is 18.8. The van der Waals surface area contributed by atoms with Gasteiger partial charge in [0.1, 0.15) is 11.6 Å². The lowest BCUT2D eigenvalue weighted by Gasteiger charge is -2.35. The minimum Gasteiger partial charge on any atom is -0.492 e. The fourth-order valence-electron chi connectivity index (χ4n) is 2.88. The Morgan fingerprint density at radius 2 is 2.11 bits per heavy atom. The molecule has 1 aromatic carbocycles. The molecule has 19 heavy (non-hydrogen) atoms. The van der Waals surface area contributed by atoms with Crippen molar-refractivity contribution < 1.29 is 9.13 Å². The second-order valence-corrected chi connectivity index (χ2v) is 5.59. The van der Waals surface area contributed by atoms with Gasteiger partial charge >= 0.3 is 0 Å². The van der Waals surface area contributed by atoms with Gasteiger partial charge in [0.05, 0.1) is 12.3 Å². The molecule has 2 nitrogen and oxygen atoms in total. The summed E-state index contributed by atoms with van der Waals surface area (Å²) in [5.74, 6) is 1.74. The number of anilines is 1. The van der Waals surface area contributed by atoms with Gasteiger partial charge in [0.2, 0.25) is 0 Å². The minimum absolute atomic E-state index is 0.251. The Balaban J connectivity index is 2.13. The molecular weight excluding hydrogens is 241 g/mol. The van der Waals surface area contributed by atoms with Gasteiger partial charge in [-0.1, -0.05) is 26.7 Å². The molecule has 3 atom stereocenters. The average Bonchev–Trinajstić information content (AvgIpc) is 2.38. The molecular formula is C16H24FNO. The smallest absolute Gasteiger partial charge is 0.145 e. The van der Waals surface area contributed by atoms with E-state index >= 15 is 0 Å². The van der Waals surface area contributed by atoms with E-state index in [-0.39, 0.29) is 5.82 Å². The summed E-state index contributed by atoms with van der Waals surface area (Å²) in [4.78, 5) is 0. The molecule has 0 heterocycles. The lowest BCUT2D eigenvalue weighted by Crippen LogP contribution is -2.35. The highest BCUT2D eigenvalue weighted by Crippen LogP contribution is 2.34. The Kier molecular flexibility index (Phi) is 4.67. The number of hydrogen-bond donors (Lipinski definition) is 1. The van der Waals surface area contributed by atoms with Gasteiger partial charge in [-0.15, -0.1) is 0 Å². The Morgan fingerprint density at radius 3 is 2.84 bits per heavy atom. The van der Waals surface area contributed by atoms with Crippen LogP contribution in [0.2, 0.25) is 0 Å². The summed E-state index contributed by atoms with van der Waals surface area (Å²) in [6.07, 6.45) is 3.74. The molecule has 106 valence electrons. The van der Waals surface area contributed by atoms with Crippen LogP contribution in [0.3, 0.4) is 0 Å². The third-order valence-corrected chi connectivity index (χ3v) is 4.29. The standard InChI is InChI=1S/C16H24FNO/c1-4-19-16-10-13(17)8-9-15(16)18-14-7-5-6-11(2)12(14)3/h8-12,14,18H,4-7H2,1-3H3. The van der Waals surface area contributed by atoms with Gasteiger partial charge in [-0.2, -0.15) is 0 Å². The SMILES string of the molecule is CCOc1cc(F)ccc1NC1CCCC(C)C1C. The topological polar surface area (TPSA) is 21.3 Å². The second kappa shape index (κ2) is 6.27. The molecule has 1 fully saturated rings. The maximum atomic E-state index is 13.3. The highest BCUT2D eigenvalue weighted by molar-refractivity contribution is 5.57. The third kappa shape index (κ3) is 3.40. The van der Waals surface area contributed by atoms with Crippen molar-refractivity contribution in [3.8, 4) is 5.75 Å². The summed E-state index contributed by atoms with van der Waals surface area (Å²) in [6, 6.07) is 5.19. The van der Waals surface area contributed by atoms with Crippen molar-refractivity contribution in [1.82, 2.24) is 0 Å². The van der Waals surface area contributed by atoms with Gasteiger partial charge in [0, 0.05) is 12.1 Å². The van der Waals surface area contributed by atoms with Crippen molar-refractivity contribution in [3.05, 3.63) is 24.0 Å². The first kappa shape index (κ1) is 14.2. The van der Waals surface area contributed by atoms with Crippen LogP contribution < -0.4 is 10.1 Å². The Morgan fingerprint density at radius 1 is 1.32 bits per heavy atom. The van der Waals surface area contributed by atoms with E-state index in [1.165, 1.54) is 31.4 Å². The number of nitrogens with one attached hydrogen (secondary N) is 1. The number of rotatable bonds is 4. The fourth-order valence-corrected chi connectivity index (χ4v) is 2.88. The van der Waals surface area contributed by atoms with Crippen LogP contribution in [0.15, 0.2) is 18.2 Å². The minimum atomic E-state index is -0.251. The fraction of sp³-hybridized carbons (Fsp3) is 0.625. The van der Waals surface area contributed by atoms with Crippen LogP contribution in [0.5, 0.6) is 5.75 Å². The lowest BCUT2D eigenvalue weighted by atomic mass is 9.78. The Hall–Kier alpha value is -1.25. The van der Waals surface area contributed by atoms with Crippen LogP contribution in [-0.4, -0.2) is 12.6 Å². The highest BCUT2D eigenvalue weighted by Gasteiger charge is 2.27. The van der Waals surface area contributed by atoms with Crippen LogP contribution in [-0.2, 0) is 0 Å². The quantitative estimate of drug-likeness (QED) is 0.867. The van der Waals surface area contributed by atoms with Crippen molar-refractivity contribution in [2.75, 3.05) is 11.9 Å². The van der Waals surface area contributed by atoms with E-state index in [9.17, 15) is 4.39 Å². The molecule has 1 N–H and O–H groups in total. The molecule has 0 radical (unpaired) electrons. The van der Waals surface area contributed by atoms with Crippen LogP contribution in [0.4, 0.5) is 10.1 Å².